The van der Waals surface area contributed by atoms with E-state index in [2.05, 4.69) is 0 Å². The summed E-state index contributed by atoms with van der Waals surface area (Å²) in [7, 11) is 0. The number of carbonyl (C=O) groups is 1. The van der Waals surface area contributed by atoms with Crippen LogP contribution in [0.1, 0.15) is 18.9 Å². The van der Waals surface area contributed by atoms with E-state index in [1.807, 2.05) is 6.92 Å². The molecular formula is C13H14ClFO2. The van der Waals surface area contributed by atoms with E-state index in [0.29, 0.717) is 12.2 Å². The molecule has 0 spiro atoms. The zero-order valence-electron chi connectivity index (χ0n) is 9.58. The van der Waals surface area contributed by atoms with Gasteiger partial charge in [0.1, 0.15) is 11.6 Å². The summed E-state index contributed by atoms with van der Waals surface area (Å²) in [5, 5.41) is 0.0485. The molecule has 1 aromatic rings. The second-order valence-corrected chi connectivity index (χ2v) is 4.71. The zero-order valence-corrected chi connectivity index (χ0v) is 10.3. The minimum atomic E-state index is -0.479. The highest BCUT2D eigenvalue weighted by molar-refractivity contribution is 6.31. The van der Waals surface area contributed by atoms with Crippen molar-refractivity contribution >= 4 is 17.4 Å². The molecule has 2 nitrogen and oxygen atoms in total. The van der Waals surface area contributed by atoms with Gasteiger partial charge in [-0.15, -0.1) is 0 Å². The van der Waals surface area contributed by atoms with Crippen molar-refractivity contribution in [2.75, 3.05) is 6.61 Å². The summed E-state index contributed by atoms with van der Waals surface area (Å²) in [4.78, 5) is 12.0. The van der Waals surface area contributed by atoms with E-state index in [9.17, 15) is 9.18 Å². The van der Waals surface area contributed by atoms with Crippen LogP contribution in [0.2, 0.25) is 5.02 Å². The topological polar surface area (TPSA) is 26.3 Å². The number of Topliss-reactive ketones (excluding diaryl/α,β-unsaturated/α-hetero) is 1. The molecule has 2 unspecified atom stereocenters. The van der Waals surface area contributed by atoms with E-state index in [-0.39, 0.29) is 29.2 Å². The molecule has 2 atom stereocenters. The highest BCUT2D eigenvalue weighted by atomic mass is 35.5. The molecule has 1 saturated heterocycles. The van der Waals surface area contributed by atoms with Gasteiger partial charge in [0.15, 0.2) is 0 Å². The van der Waals surface area contributed by atoms with Gasteiger partial charge in [-0.05, 0) is 25.0 Å². The van der Waals surface area contributed by atoms with Crippen LogP contribution in [-0.2, 0) is 16.0 Å². The van der Waals surface area contributed by atoms with E-state index in [4.69, 9.17) is 16.3 Å². The fraction of sp³-hybridized carbons (Fsp3) is 0.462. The largest absolute Gasteiger partial charge is 0.378 e. The van der Waals surface area contributed by atoms with Crippen molar-refractivity contribution in [1.29, 1.82) is 0 Å². The van der Waals surface area contributed by atoms with Gasteiger partial charge in [-0.25, -0.2) is 4.39 Å². The van der Waals surface area contributed by atoms with Crippen LogP contribution in [0, 0.1) is 11.7 Å². The predicted molar refractivity (Wildman–Crippen MR) is 63.6 cm³/mol. The molecule has 0 amide bonds. The van der Waals surface area contributed by atoms with Gasteiger partial charge < -0.3 is 4.74 Å². The summed E-state index contributed by atoms with van der Waals surface area (Å²) < 4.78 is 18.6. The first-order chi connectivity index (χ1) is 8.09. The minimum absolute atomic E-state index is 0.0464. The Morgan fingerprint density at radius 2 is 2.35 bits per heavy atom. The molecule has 4 heteroatoms. The zero-order chi connectivity index (χ0) is 12.4. The van der Waals surface area contributed by atoms with Crippen molar-refractivity contribution in [3.63, 3.8) is 0 Å². The number of ketones is 1. The third-order valence-corrected chi connectivity index (χ3v) is 3.61. The molecule has 1 fully saturated rings. The Labute approximate surface area is 105 Å². The Kier molecular flexibility index (Phi) is 3.79. The number of carbonyl (C=O) groups excluding carboxylic acids is 1. The second kappa shape index (κ2) is 5.15. The lowest BCUT2D eigenvalue weighted by Crippen LogP contribution is -2.23. The summed E-state index contributed by atoms with van der Waals surface area (Å²) in [6, 6.07) is 4.54. The van der Waals surface area contributed by atoms with Crippen molar-refractivity contribution in [3.05, 3.63) is 34.6 Å². The molecule has 1 aliphatic heterocycles. The van der Waals surface area contributed by atoms with E-state index in [1.165, 1.54) is 6.07 Å². The van der Waals surface area contributed by atoms with Crippen LogP contribution in [0.25, 0.3) is 0 Å². The summed E-state index contributed by atoms with van der Waals surface area (Å²) in [5.74, 6) is -0.496. The lowest BCUT2D eigenvalue weighted by atomic mass is 9.93. The summed E-state index contributed by atoms with van der Waals surface area (Å²) in [6.07, 6.45) is 0.872. The number of halogens is 2. The smallest absolute Gasteiger partial charge is 0.143 e. The van der Waals surface area contributed by atoms with Gasteiger partial charge >= 0.3 is 0 Å². The SMILES string of the molecule is CC1OCCC1C(=O)Cc1cccc(F)c1Cl. The van der Waals surface area contributed by atoms with Crippen molar-refractivity contribution < 1.29 is 13.9 Å². The van der Waals surface area contributed by atoms with Gasteiger partial charge in [0.25, 0.3) is 0 Å². The molecule has 2 rings (SSSR count). The monoisotopic (exact) mass is 256 g/mol. The van der Waals surface area contributed by atoms with Crippen LogP contribution >= 0.6 is 11.6 Å². The van der Waals surface area contributed by atoms with E-state index in [0.717, 1.165) is 6.42 Å². The first-order valence-electron chi connectivity index (χ1n) is 5.67. The van der Waals surface area contributed by atoms with Crippen molar-refractivity contribution in [2.24, 2.45) is 5.92 Å². The van der Waals surface area contributed by atoms with Gasteiger partial charge in [0.2, 0.25) is 0 Å². The number of ether oxygens (including phenoxy) is 1. The molecule has 0 N–H and O–H groups in total. The summed E-state index contributed by atoms with van der Waals surface area (Å²) >= 11 is 5.82. The maximum atomic E-state index is 13.2. The highest BCUT2D eigenvalue weighted by Gasteiger charge is 2.30. The molecule has 1 aromatic carbocycles. The van der Waals surface area contributed by atoms with Gasteiger partial charge in [-0.2, -0.15) is 0 Å². The van der Waals surface area contributed by atoms with Crippen LogP contribution in [-0.4, -0.2) is 18.5 Å². The molecule has 1 aliphatic rings. The number of benzene rings is 1. The Bertz CT molecular complexity index is 433. The molecule has 0 saturated carbocycles. The third kappa shape index (κ3) is 2.67. The maximum absolute atomic E-state index is 13.2. The number of rotatable bonds is 3. The summed E-state index contributed by atoms with van der Waals surface area (Å²) in [6.45, 7) is 2.51. The molecular weight excluding hydrogens is 243 g/mol. The molecule has 0 bridgehead atoms. The lowest BCUT2D eigenvalue weighted by molar-refractivity contribution is -0.123. The van der Waals surface area contributed by atoms with E-state index >= 15 is 0 Å². The van der Waals surface area contributed by atoms with Gasteiger partial charge in [-0.1, -0.05) is 23.7 Å². The first kappa shape index (κ1) is 12.5. The standard InChI is InChI=1S/C13H14ClFO2/c1-8-10(5-6-17-8)12(16)7-9-3-2-4-11(15)13(9)14/h2-4,8,10H,5-7H2,1H3. The fourth-order valence-electron chi connectivity index (χ4n) is 2.16. The number of hydrogen-bond acceptors (Lipinski definition) is 2. The number of hydrogen-bond donors (Lipinski definition) is 0. The quantitative estimate of drug-likeness (QED) is 0.831. The van der Waals surface area contributed by atoms with Crippen molar-refractivity contribution in [3.8, 4) is 0 Å². The highest BCUT2D eigenvalue weighted by Crippen LogP contribution is 2.26. The van der Waals surface area contributed by atoms with Crippen LogP contribution in [0.5, 0.6) is 0 Å². The Balaban J connectivity index is 2.10. The Morgan fingerprint density at radius 3 is 3.00 bits per heavy atom. The van der Waals surface area contributed by atoms with Crippen molar-refractivity contribution in [2.45, 2.75) is 25.9 Å². The van der Waals surface area contributed by atoms with Crippen molar-refractivity contribution in [1.82, 2.24) is 0 Å². The van der Waals surface area contributed by atoms with Gasteiger partial charge in [0.05, 0.1) is 11.1 Å². The van der Waals surface area contributed by atoms with E-state index < -0.39 is 5.82 Å². The lowest BCUT2D eigenvalue weighted by Gasteiger charge is -2.13. The third-order valence-electron chi connectivity index (χ3n) is 3.19. The minimum Gasteiger partial charge on any atom is -0.378 e. The van der Waals surface area contributed by atoms with Gasteiger partial charge in [0, 0.05) is 18.9 Å². The maximum Gasteiger partial charge on any atom is 0.143 e. The average Bonchev–Trinajstić information content (AvgIpc) is 2.71. The van der Waals surface area contributed by atoms with E-state index in [1.54, 1.807) is 12.1 Å². The molecule has 0 aliphatic carbocycles. The molecule has 0 radical (unpaired) electrons. The first-order valence-corrected chi connectivity index (χ1v) is 6.04. The second-order valence-electron chi connectivity index (χ2n) is 4.33. The Hall–Kier alpha value is -0.930. The van der Waals surface area contributed by atoms with Crippen LogP contribution in [0.3, 0.4) is 0 Å². The molecule has 0 aromatic heterocycles. The molecule has 17 heavy (non-hydrogen) atoms. The van der Waals surface area contributed by atoms with Crippen LogP contribution in [0.4, 0.5) is 4.39 Å². The summed E-state index contributed by atoms with van der Waals surface area (Å²) in [5.41, 5.74) is 0.552. The Morgan fingerprint density at radius 1 is 1.59 bits per heavy atom. The average molecular weight is 257 g/mol. The van der Waals surface area contributed by atoms with Crippen LogP contribution < -0.4 is 0 Å². The van der Waals surface area contributed by atoms with Gasteiger partial charge in [-0.3, -0.25) is 4.79 Å². The predicted octanol–water partition coefficient (Wildman–Crippen LogP) is 3.02. The fourth-order valence-corrected chi connectivity index (χ4v) is 2.35. The molecule has 92 valence electrons. The van der Waals surface area contributed by atoms with Crippen LogP contribution in [0.15, 0.2) is 18.2 Å². The normalized spacial score (nSPS) is 23.9. The molecule has 1 heterocycles.